The van der Waals surface area contributed by atoms with Crippen LogP contribution in [-0.4, -0.2) is 43.7 Å². The Hall–Kier alpha value is -1.06. The second-order valence-electron chi connectivity index (χ2n) is 5.60. The van der Waals surface area contributed by atoms with Crippen LogP contribution in [0, 0.1) is 13.8 Å². The first kappa shape index (κ1) is 13.4. The molecule has 1 saturated heterocycles. The summed E-state index contributed by atoms with van der Waals surface area (Å²) >= 11 is 0. The highest BCUT2D eigenvalue weighted by Gasteiger charge is 2.28. The van der Waals surface area contributed by atoms with Gasteiger partial charge in [0, 0.05) is 37.4 Å². The van der Waals surface area contributed by atoms with Gasteiger partial charge in [-0.05, 0) is 51.1 Å². The van der Waals surface area contributed by atoms with Crippen molar-refractivity contribution in [1.82, 2.24) is 4.90 Å². The van der Waals surface area contributed by atoms with Crippen molar-refractivity contribution in [3.05, 3.63) is 29.3 Å². The van der Waals surface area contributed by atoms with Crippen LogP contribution < -0.4 is 10.6 Å². The zero-order valence-corrected chi connectivity index (χ0v) is 12.0. The molecule has 1 aliphatic heterocycles. The normalized spacial score (nSPS) is 25.5. The van der Waals surface area contributed by atoms with Crippen LogP contribution >= 0.6 is 0 Å². The Kier molecular flexibility index (Phi) is 3.93. The van der Waals surface area contributed by atoms with Gasteiger partial charge in [0.2, 0.25) is 0 Å². The molecule has 1 aromatic carbocycles. The molecule has 100 valence electrons. The molecule has 0 amide bonds. The van der Waals surface area contributed by atoms with E-state index in [4.69, 9.17) is 5.73 Å². The smallest absolute Gasteiger partial charge is 0.0391 e. The molecular weight excluding hydrogens is 222 g/mol. The lowest BCUT2D eigenvalue weighted by Crippen LogP contribution is -2.58. The molecule has 2 N–H and O–H groups in total. The largest absolute Gasteiger partial charge is 0.366 e. The number of nitrogens with two attached hydrogens (primary N) is 1. The lowest BCUT2D eigenvalue weighted by Gasteiger charge is -2.44. The number of nitrogens with zero attached hydrogens (tertiary/aromatic N) is 2. The fourth-order valence-electron chi connectivity index (χ4n) is 2.73. The summed E-state index contributed by atoms with van der Waals surface area (Å²) in [7, 11) is 2.17. The van der Waals surface area contributed by atoms with E-state index in [9.17, 15) is 0 Å². The van der Waals surface area contributed by atoms with Crippen LogP contribution in [0.4, 0.5) is 5.69 Å². The Morgan fingerprint density at radius 3 is 2.56 bits per heavy atom. The molecule has 0 radical (unpaired) electrons. The van der Waals surface area contributed by atoms with Crippen LogP contribution in [0.25, 0.3) is 0 Å². The Morgan fingerprint density at radius 2 is 1.94 bits per heavy atom. The van der Waals surface area contributed by atoms with Gasteiger partial charge >= 0.3 is 0 Å². The van der Waals surface area contributed by atoms with E-state index >= 15 is 0 Å². The minimum absolute atomic E-state index is 0.461. The minimum atomic E-state index is 0.461. The Labute approximate surface area is 111 Å². The highest BCUT2D eigenvalue weighted by Crippen LogP contribution is 2.24. The van der Waals surface area contributed by atoms with E-state index in [1.165, 1.54) is 16.8 Å². The first-order valence-corrected chi connectivity index (χ1v) is 6.77. The summed E-state index contributed by atoms with van der Waals surface area (Å²) < 4.78 is 0. The van der Waals surface area contributed by atoms with Crippen molar-refractivity contribution >= 4 is 5.69 Å². The van der Waals surface area contributed by atoms with E-state index in [0.717, 1.165) is 19.6 Å². The van der Waals surface area contributed by atoms with Gasteiger partial charge in [-0.1, -0.05) is 6.07 Å². The van der Waals surface area contributed by atoms with E-state index < -0.39 is 0 Å². The van der Waals surface area contributed by atoms with Gasteiger partial charge in [-0.25, -0.2) is 0 Å². The number of benzene rings is 1. The molecule has 1 fully saturated rings. The molecule has 0 aliphatic carbocycles. The average Bonchev–Trinajstić information content (AvgIpc) is 2.33. The Balaban J connectivity index is 2.23. The summed E-state index contributed by atoms with van der Waals surface area (Å²) in [6.07, 6.45) is 0. The van der Waals surface area contributed by atoms with Crippen LogP contribution in [0.1, 0.15) is 18.1 Å². The van der Waals surface area contributed by atoms with Gasteiger partial charge < -0.3 is 10.6 Å². The summed E-state index contributed by atoms with van der Waals surface area (Å²) in [5, 5.41) is 0. The molecule has 2 rings (SSSR count). The minimum Gasteiger partial charge on any atom is -0.366 e. The standard InChI is InChI=1S/C15H25N3/c1-11-5-6-14(7-12(11)2)18-10-15(8-16)17(4)9-13(18)3/h5-7,13,15H,8-10,16H2,1-4H3. The van der Waals surface area contributed by atoms with Crippen LogP contribution in [0.3, 0.4) is 0 Å². The molecule has 2 unspecified atom stereocenters. The number of anilines is 1. The van der Waals surface area contributed by atoms with Crippen molar-refractivity contribution in [3.8, 4) is 0 Å². The predicted molar refractivity (Wildman–Crippen MR) is 78.2 cm³/mol. The Bertz CT molecular complexity index is 416. The SMILES string of the molecule is Cc1ccc(N2CC(CN)N(C)CC2C)cc1C. The lowest BCUT2D eigenvalue weighted by molar-refractivity contribution is 0.197. The van der Waals surface area contributed by atoms with Gasteiger partial charge in [0.15, 0.2) is 0 Å². The fourth-order valence-corrected chi connectivity index (χ4v) is 2.73. The molecule has 0 saturated carbocycles. The van der Waals surface area contributed by atoms with Crippen LogP contribution in [0.15, 0.2) is 18.2 Å². The number of hydrogen-bond acceptors (Lipinski definition) is 3. The van der Waals surface area contributed by atoms with E-state index in [1.807, 2.05) is 0 Å². The quantitative estimate of drug-likeness (QED) is 0.864. The van der Waals surface area contributed by atoms with Gasteiger partial charge in [-0.15, -0.1) is 0 Å². The van der Waals surface area contributed by atoms with Gasteiger partial charge in [-0.2, -0.15) is 0 Å². The highest BCUT2D eigenvalue weighted by molar-refractivity contribution is 5.52. The van der Waals surface area contributed by atoms with E-state index in [2.05, 4.69) is 55.8 Å². The lowest BCUT2D eigenvalue weighted by atomic mass is 10.0. The number of hydrogen-bond donors (Lipinski definition) is 1. The second kappa shape index (κ2) is 5.29. The topological polar surface area (TPSA) is 32.5 Å². The van der Waals surface area contributed by atoms with Crippen molar-refractivity contribution in [3.63, 3.8) is 0 Å². The maximum absolute atomic E-state index is 5.87. The van der Waals surface area contributed by atoms with E-state index in [0.29, 0.717) is 12.1 Å². The summed E-state index contributed by atoms with van der Waals surface area (Å²) in [4.78, 5) is 4.87. The van der Waals surface area contributed by atoms with Crippen LogP contribution in [-0.2, 0) is 0 Å². The summed E-state index contributed by atoms with van der Waals surface area (Å²) in [6.45, 7) is 9.46. The molecule has 1 heterocycles. The maximum atomic E-state index is 5.87. The third-order valence-corrected chi connectivity index (χ3v) is 4.21. The fraction of sp³-hybridized carbons (Fsp3) is 0.600. The van der Waals surface area contributed by atoms with Crippen molar-refractivity contribution < 1.29 is 0 Å². The highest BCUT2D eigenvalue weighted by atomic mass is 15.3. The molecule has 0 spiro atoms. The molecule has 1 aliphatic rings. The van der Waals surface area contributed by atoms with Crippen molar-refractivity contribution in [2.45, 2.75) is 32.9 Å². The van der Waals surface area contributed by atoms with Gasteiger partial charge in [0.1, 0.15) is 0 Å². The number of likely N-dealkylation sites (N-methyl/N-ethyl adjacent to an activating group) is 1. The van der Waals surface area contributed by atoms with Gasteiger partial charge in [0.05, 0.1) is 0 Å². The monoisotopic (exact) mass is 247 g/mol. The Morgan fingerprint density at radius 1 is 1.22 bits per heavy atom. The van der Waals surface area contributed by atoms with Crippen molar-refractivity contribution in [2.75, 3.05) is 31.6 Å². The second-order valence-corrected chi connectivity index (χ2v) is 5.60. The summed E-state index contributed by atoms with van der Waals surface area (Å²) in [5.41, 5.74) is 9.92. The maximum Gasteiger partial charge on any atom is 0.0391 e. The molecule has 0 aromatic heterocycles. The van der Waals surface area contributed by atoms with Crippen molar-refractivity contribution in [1.29, 1.82) is 0 Å². The molecule has 18 heavy (non-hydrogen) atoms. The molecule has 0 bridgehead atoms. The van der Waals surface area contributed by atoms with E-state index in [1.54, 1.807) is 0 Å². The molecule has 1 aromatic rings. The number of aryl methyl sites for hydroxylation is 2. The third-order valence-electron chi connectivity index (χ3n) is 4.21. The third kappa shape index (κ3) is 2.52. The number of piperazine rings is 1. The molecule has 2 atom stereocenters. The molecule has 3 heteroatoms. The first-order valence-electron chi connectivity index (χ1n) is 6.77. The predicted octanol–water partition coefficient (Wildman–Crippen LogP) is 1.77. The zero-order chi connectivity index (χ0) is 13.3. The first-order chi connectivity index (χ1) is 8.52. The molecular formula is C15H25N3. The molecule has 3 nitrogen and oxygen atoms in total. The number of rotatable bonds is 2. The summed E-state index contributed by atoms with van der Waals surface area (Å²) in [6, 6.07) is 7.75. The van der Waals surface area contributed by atoms with E-state index in [-0.39, 0.29) is 0 Å². The van der Waals surface area contributed by atoms with Crippen molar-refractivity contribution in [2.24, 2.45) is 5.73 Å². The van der Waals surface area contributed by atoms with Gasteiger partial charge in [0.25, 0.3) is 0 Å². The van der Waals surface area contributed by atoms with Gasteiger partial charge in [-0.3, -0.25) is 4.90 Å². The average molecular weight is 247 g/mol. The zero-order valence-electron chi connectivity index (χ0n) is 12.0. The van der Waals surface area contributed by atoms with Crippen LogP contribution in [0.5, 0.6) is 0 Å². The summed E-state index contributed by atoms with van der Waals surface area (Å²) in [5.74, 6) is 0. The van der Waals surface area contributed by atoms with Crippen LogP contribution in [0.2, 0.25) is 0 Å².